The smallest absolute Gasteiger partial charge is 0.243 e. The number of sulfonamides is 2. The lowest BCUT2D eigenvalue weighted by Crippen LogP contribution is -2.58. The molecule has 0 spiro atoms. The fraction of sp³-hybridized carbons (Fsp3) is 0.712. The monoisotopic (exact) mass is 1160 g/mol. The number of rotatable bonds is 19. The van der Waals surface area contributed by atoms with Gasteiger partial charge in [0.2, 0.25) is 73.2 Å². The predicted molar refractivity (Wildman–Crippen MR) is 289 cm³/mol. The van der Waals surface area contributed by atoms with E-state index < -0.39 is 104 Å². The Morgan fingerprint density at radius 1 is 0.550 bits per heavy atom. The van der Waals surface area contributed by atoms with Crippen molar-refractivity contribution >= 4 is 73.2 Å². The molecular formula is C52H79N13O13S2. The average molecular weight is 1160 g/mol. The molecule has 0 bridgehead atoms. The Morgan fingerprint density at radius 2 is 1.06 bits per heavy atom. The van der Waals surface area contributed by atoms with Crippen LogP contribution in [0.3, 0.4) is 0 Å². The number of carbonyl (C=O) groups excluding carboxylic acids is 9. The van der Waals surface area contributed by atoms with Crippen LogP contribution in [0.5, 0.6) is 0 Å². The van der Waals surface area contributed by atoms with Crippen LogP contribution in [-0.2, 0) is 63.2 Å². The normalized spacial score (nSPS) is 31.1. The molecule has 13 atom stereocenters. The number of hydrogen-bond donors (Lipinski definition) is 10. The van der Waals surface area contributed by atoms with Crippen molar-refractivity contribution in [2.45, 2.75) is 182 Å². The van der Waals surface area contributed by atoms with E-state index in [1.165, 1.54) is 30.9 Å². The highest BCUT2D eigenvalue weighted by molar-refractivity contribution is 7.89. The van der Waals surface area contributed by atoms with E-state index in [2.05, 4.69) is 53.2 Å². The van der Waals surface area contributed by atoms with Gasteiger partial charge in [-0.25, -0.2) is 16.8 Å². The second-order valence-electron chi connectivity index (χ2n) is 23.5. The Bertz CT molecular complexity index is 2770. The molecule has 10 N–H and O–H groups in total. The lowest BCUT2D eigenvalue weighted by atomic mass is 10.0. The first kappa shape index (κ1) is 60.3. The topological polar surface area (TPSA) is 352 Å². The molecule has 80 heavy (non-hydrogen) atoms. The molecule has 9 amide bonds. The summed E-state index contributed by atoms with van der Waals surface area (Å²) in [6, 6.07) is 0.759. The molecule has 0 aromatic heterocycles. The summed E-state index contributed by atoms with van der Waals surface area (Å²) in [6.45, 7) is 7.09. The molecule has 5 saturated heterocycles. The zero-order valence-corrected chi connectivity index (χ0v) is 47.7. The Kier molecular flexibility index (Phi) is 18.9. The van der Waals surface area contributed by atoms with Gasteiger partial charge >= 0.3 is 0 Å². The number of amides is 9. The van der Waals surface area contributed by atoms with Crippen molar-refractivity contribution in [1.82, 2.24) is 66.7 Å². The molecular weight excluding hydrogens is 1080 g/mol. The summed E-state index contributed by atoms with van der Waals surface area (Å²) in [7, 11) is -8.02. The van der Waals surface area contributed by atoms with Crippen molar-refractivity contribution in [2.75, 3.05) is 45.5 Å². The van der Waals surface area contributed by atoms with Crippen LogP contribution in [0.2, 0.25) is 0 Å². The molecule has 0 unspecified atom stereocenters. The van der Waals surface area contributed by atoms with Crippen molar-refractivity contribution in [3.05, 3.63) is 30.3 Å². The van der Waals surface area contributed by atoms with Crippen molar-refractivity contribution in [3.8, 4) is 0 Å². The van der Waals surface area contributed by atoms with E-state index in [0.717, 1.165) is 14.9 Å². The van der Waals surface area contributed by atoms with E-state index in [0.29, 0.717) is 64.5 Å². The lowest BCUT2D eigenvalue weighted by molar-refractivity contribution is -0.140. The van der Waals surface area contributed by atoms with Gasteiger partial charge in [-0.15, -0.1) is 0 Å². The van der Waals surface area contributed by atoms with Crippen LogP contribution in [-0.4, -0.2) is 201 Å². The van der Waals surface area contributed by atoms with Gasteiger partial charge in [0.1, 0.15) is 18.1 Å². The highest BCUT2D eigenvalue weighted by atomic mass is 32.2. The molecule has 0 radical (unpaired) electrons. The summed E-state index contributed by atoms with van der Waals surface area (Å²) in [5.41, 5.74) is -0.949. The maximum atomic E-state index is 14.0. The van der Waals surface area contributed by atoms with Crippen LogP contribution < -0.4 is 53.2 Å². The maximum Gasteiger partial charge on any atom is 0.243 e. The van der Waals surface area contributed by atoms with E-state index >= 15 is 0 Å². The summed E-state index contributed by atoms with van der Waals surface area (Å²) < 4.78 is 55.8. The largest absolute Gasteiger partial charge is 0.354 e. The van der Waals surface area contributed by atoms with E-state index in [-0.39, 0.29) is 110 Å². The van der Waals surface area contributed by atoms with Crippen molar-refractivity contribution in [3.63, 3.8) is 0 Å². The number of carbonyl (C=O) groups is 9. The third-order valence-corrected chi connectivity index (χ3v) is 19.7. The van der Waals surface area contributed by atoms with Crippen molar-refractivity contribution in [1.29, 1.82) is 0 Å². The van der Waals surface area contributed by atoms with Gasteiger partial charge in [-0.05, 0) is 103 Å². The van der Waals surface area contributed by atoms with Gasteiger partial charge in [0.05, 0.1) is 28.8 Å². The van der Waals surface area contributed by atoms with Gasteiger partial charge in [-0.1, -0.05) is 18.2 Å². The number of hydrogen-bond acceptors (Lipinski definition) is 15. The SMILES string of the molecule is CC(=O)N[C@H]1CC[C@H](C(=O)N[C@@H]2C[C@@H](C(=O)N[C@H]3CN[C@H](C(=O)N4CCC[C@@H]4C(=O)NC(C)(C)CNC(=O)[C@H]4CC[C@H](NC(=O)[C@@H]5C[C@@H](NC(=O)[C@@H]6C[C@@H](NC(C)=O)CN6)CN5S(=O)(=O)c5ccccc5)C4)C3)N(S(C)(=O)=O)C2)C1. The quantitative estimate of drug-likeness (QED) is 0.0651. The minimum Gasteiger partial charge on any atom is -0.354 e. The lowest BCUT2D eigenvalue weighted by Gasteiger charge is -2.32. The van der Waals surface area contributed by atoms with Crippen LogP contribution in [0.15, 0.2) is 35.2 Å². The molecule has 8 rings (SSSR count). The van der Waals surface area contributed by atoms with Crippen LogP contribution in [0, 0.1) is 11.8 Å². The molecule has 2 saturated carbocycles. The van der Waals surface area contributed by atoms with Gasteiger partial charge in [0.15, 0.2) is 0 Å². The molecule has 7 fully saturated rings. The third kappa shape index (κ3) is 14.8. The van der Waals surface area contributed by atoms with Crippen LogP contribution in [0.25, 0.3) is 0 Å². The van der Waals surface area contributed by atoms with Crippen LogP contribution in [0.4, 0.5) is 0 Å². The Morgan fingerprint density at radius 3 is 1.69 bits per heavy atom. The summed E-state index contributed by atoms with van der Waals surface area (Å²) in [5.74, 6) is -3.93. The van der Waals surface area contributed by atoms with E-state index in [9.17, 15) is 60.0 Å². The van der Waals surface area contributed by atoms with E-state index in [1.807, 2.05) is 0 Å². The number of benzene rings is 1. The van der Waals surface area contributed by atoms with Crippen LogP contribution >= 0.6 is 0 Å². The Balaban J connectivity index is 0.782. The fourth-order valence-electron chi connectivity index (χ4n) is 12.6. The minimum atomic E-state index is -4.17. The highest BCUT2D eigenvalue weighted by Gasteiger charge is 2.48. The van der Waals surface area contributed by atoms with Gasteiger partial charge < -0.3 is 58.1 Å². The minimum absolute atomic E-state index is 0.000693. The number of likely N-dealkylation sites (tertiary alicyclic amines) is 1. The third-order valence-electron chi connectivity index (χ3n) is 16.6. The molecule has 2 aliphatic carbocycles. The Hall–Kier alpha value is -5.81. The summed E-state index contributed by atoms with van der Waals surface area (Å²) >= 11 is 0. The Labute approximate surface area is 467 Å². The maximum absolute atomic E-state index is 14.0. The first-order chi connectivity index (χ1) is 37.7. The van der Waals surface area contributed by atoms with E-state index in [1.54, 1.807) is 32.0 Å². The van der Waals surface area contributed by atoms with Crippen molar-refractivity contribution in [2.24, 2.45) is 11.8 Å². The molecule has 28 heteroatoms. The molecule has 5 heterocycles. The van der Waals surface area contributed by atoms with Gasteiger partial charge in [-0.2, -0.15) is 8.61 Å². The van der Waals surface area contributed by atoms with Gasteiger partial charge in [-0.3, -0.25) is 43.2 Å². The zero-order valence-electron chi connectivity index (χ0n) is 46.1. The highest BCUT2D eigenvalue weighted by Crippen LogP contribution is 2.32. The predicted octanol–water partition coefficient (Wildman–Crippen LogP) is -3.24. The number of nitrogens with one attached hydrogen (secondary N) is 10. The summed E-state index contributed by atoms with van der Waals surface area (Å²) in [4.78, 5) is 120. The molecule has 7 aliphatic rings. The molecule has 26 nitrogen and oxygen atoms in total. The second-order valence-corrected chi connectivity index (χ2v) is 27.4. The standard InChI is InChI=1S/C52H79N13O13S2/c1-29(66)56-33-15-14-32(19-33)46(69)60-37-22-43(64(26-37)79(5,75)76)48(71)59-36-21-41(54-25-36)51(74)63-17-9-12-42(63)50(73)62-52(3,4)28-55-45(68)31-13-16-34(18-31)58-49(72)44-23-38(27-65(44)80(77,78)39-10-7-6-8-11-39)61-47(70)40-20-35(24-53-40)57-30(2)67/h6-8,10-11,31-38,40-44,53-54H,9,12-28H2,1-5H3,(H,55,68)(H,56,66)(H,57,67)(H,58,72)(H,59,71)(H,60,69)(H,61,70)(H,62,73)/t31-,32-,33-,34-,35+,36+,37+,38+,40-,41-,42+,43-,44-/m0/s1. The first-order valence-electron chi connectivity index (χ1n) is 27.9. The molecule has 1 aromatic rings. The zero-order chi connectivity index (χ0) is 57.8. The second kappa shape index (κ2) is 25.1. The first-order valence-corrected chi connectivity index (χ1v) is 31.2. The molecule has 1 aromatic carbocycles. The average Bonchev–Trinajstić information content (AvgIpc) is 4.25. The van der Waals surface area contributed by atoms with Crippen LogP contribution in [0.1, 0.15) is 105 Å². The fourth-order valence-corrected chi connectivity index (χ4v) is 15.4. The number of nitrogens with zero attached hydrogens (tertiary/aromatic N) is 3. The summed E-state index contributed by atoms with van der Waals surface area (Å²) in [6.07, 6.45) is 5.49. The summed E-state index contributed by atoms with van der Waals surface area (Å²) in [5, 5.41) is 29.5. The van der Waals surface area contributed by atoms with Gasteiger partial charge in [0.25, 0.3) is 0 Å². The van der Waals surface area contributed by atoms with E-state index in [4.69, 9.17) is 0 Å². The van der Waals surface area contributed by atoms with Gasteiger partial charge in [0, 0.05) is 101 Å². The molecule has 5 aliphatic heterocycles. The van der Waals surface area contributed by atoms with Crippen molar-refractivity contribution < 1.29 is 60.0 Å². The molecule has 442 valence electrons.